The van der Waals surface area contributed by atoms with Gasteiger partial charge in [-0.15, -0.1) is 0 Å². The van der Waals surface area contributed by atoms with Crippen molar-refractivity contribution in [2.45, 2.75) is 24.7 Å². The maximum Gasteiger partial charge on any atom is 0.262 e. The highest BCUT2D eigenvalue weighted by Gasteiger charge is 2.21. The van der Waals surface area contributed by atoms with E-state index >= 15 is 0 Å². The first kappa shape index (κ1) is 19.7. The third kappa shape index (κ3) is 4.23. The van der Waals surface area contributed by atoms with Crippen LogP contribution >= 0.6 is 0 Å². The number of nitrogens with zero attached hydrogens (tertiary/aromatic N) is 1. The largest absolute Gasteiger partial charge is 0.370 e. The molecule has 0 spiro atoms. The van der Waals surface area contributed by atoms with Gasteiger partial charge in [0.1, 0.15) is 0 Å². The lowest BCUT2D eigenvalue weighted by atomic mass is 10.1. The zero-order valence-corrected chi connectivity index (χ0v) is 17.5. The second-order valence-electron chi connectivity index (χ2n) is 7.38. The Hall–Kier alpha value is -2.57. The molecule has 1 saturated heterocycles. The van der Waals surface area contributed by atoms with E-state index in [2.05, 4.69) is 21.9 Å². The van der Waals surface area contributed by atoms with E-state index in [4.69, 9.17) is 0 Å². The van der Waals surface area contributed by atoms with Crippen LogP contribution in [0.3, 0.4) is 0 Å². The fraction of sp³-hybridized carbons (Fsp3) is 0.304. The Morgan fingerprint density at radius 3 is 2.62 bits per heavy atom. The van der Waals surface area contributed by atoms with Gasteiger partial charge in [-0.3, -0.25) is 4.72 Å². The standard InChI is InChI=1S/C23H27N3O2S/c1-2-18-7-5-8-19(17-18)25-29(27,28)23-12-11-22(20-9-3-4-10-21(20)23)26-15-6-13-24-14-16-26/h3-5,7-12,17,24-25H,2,6,13-16H2,1H3. The van der Waals surface area contributed by atoms with Crippen LogP contribution < -0.4 is 14.9 Å². The summed E-state index contributed by atoms with van der Waals surface area (Å²) in [5.41, 5.74) is 2.78. The summed E-state index contributed by atoms with van der Waals surface area (Å²) in [6, 6.07) is 19.0. The van der Waals surface area contributed by atoms with Gasteiger partial charge in [0.15, 0.2) is 0 Å². The SMILES string of the molecule is CCc1cccc(NS(=O)(=O)c2ccc(N3CCCNCC3)c3ccccc23)c1. The Morgan fingerprint density at radius 2 is 1.79 bits per heavy atom. The van der Waals surface area contributed by atoms with Crippen LogP contribution in [0.4, 0.5) is 11.4 Å². The van der Waals surface area contributed by atoms with Crippen LogP contribution in [0.1, 0.15) is 18.9 Å². The maximum atomic E-state index is 13.2. The van der Waals surface area contributed by atoms with Crippen molar-refractivity contribution < 1.29 is 8.42 Å². The lowest BCUT2D eigenvalue weighted by molar-refractivity contribution is 0.602. The number of aryl methyl sites for hydroxylation is 1. The van der Waals surface area contributed by atoms with Crippen LogP contribution in [0.2, 0.25) is 0 Å². The second kappa shape index (κ2) is 8.43. The summed E-state index contributed by atoms with van der Waals surface area (Å²) in [5.74, 6) is 0. The lowest BCUT2D eigenvalue weighted by Crippen LogP contribution is -2.28. The molecule has 6 heteroatoms. The van der Waals surface area contributed by atoms with Gasteiger partial charge in [-0.2, -0.15) is 0 Å². The van der Waals surface area contributed by atoms with Crippen molar-refractivity contribution in [2.24, 2.45) is 0 Å². The van der Waals surface area contributed by atoms with Gasteiger partial charge >= 0.3 is 0 Å². The number of rotatable bonds is 5. The molecule has 0 bridgehead atoms. The molecular formula is C23H27N3O2S. The van der Waals surface area contributed by atoms with E-state index in [-0.39, 0.29) is 0 Å². The number of nitrogens with one attached hydrogen (secondary N) is 2. The summed E-state index contributed by atoms with van der Waals surface area (Å²) < 4.78 is 29.2. The predicted octanol–water partition coefficient (Wildman–Crippen LogP) is 4.00. The highest BCUT2D eigenvalue weighted by molar-refractivity contribution is 7.93. The molecule has 1 aliphatic heterocycles. The molecule has 0 radical (unpaired) electrons. The summed E-state index contributed by atoms with van der Waals surface area (Å²) in [7, 11) is -3.70. The normalized spacial score (nSPS) is 15.3. The van der Waals surface area contributed by atoms with Crippen LogP contribution in [0, 0.1) is 0 Å². The Balaban J connectivity index is 1.75. The van der Waals surface area contributed by atoms with Gasteiger partial charge in [0, 0.05) is 41.8 Å². The van der Waals surface area contributed by atoms with Crippen molar-refractivity contribution in [3.05, 3.63) is 66.2 Å². The van der Waals surface area contributed by atoms with Crippen molar-refractivity contribution in [1.29, 1.82) is 0 Å². The van der Waals surface area contributed by atoms with E-state index in [0.717, 1.165) is 61.0 Å². The van der Waals surface area contributed by atoms with Crippen molar-refractivity contribution in [2.75, 3.05) is 35.8 Å². The Morgan fingerprint density at radius 1 is 0.966 bits per heavy atom. The molecule has 0 amide bonds. The average Bonchev–Trinajstić information content (AvgIpc) is 3.02. The van der Waals surface area contributed by atoms with Crippen LogP contribution in [0.5, 0.6) is 0 Å². The van der Waals surface area contributed by atoms with Crippen molar-refractivity contribution in [1.82, 2.24) is 5.32 Å². The highest BCUT2D eigenvalue weighted by atomic mass is 32.2. The quantitative estimate of drug-likeness (QED) is 0.669. The van der Waals surface area contributed by atoms with E-state index in [1.165, 1.54) is 0 Å². The smallest absolute Gasteiger partial charge is 0.262 e. The van der Waals surface area contributed by atoms with E-state index < -0.39 is 10.0 Å². The molecule has 0 unspecified atom stereocenters. The second-order valence-corrected chi connectivity index (χ2v) is 9.03. The molecule has 1 heterocycles. The van der Waals surface area contributed by atoms with Crippen molar-refractivity contribution >= 4 is 32.2 Å². The van der Waals surface area contributed by atoms with E-state index in [0.29, 0.717) is 10.6 Å². The van der Waals surface area contributed by atoms with Crippen molar-refractivity contribution in [3.63, 3.8) is 0 Å². The first-order valence-electron chi connectivity index (χ1n) is 10.2. The number of sulfonamides is 1. The minimum absolute atomic E-state index is 0.312. The van der Waals surface area contributed by atoms with Crippen LogP contribution in [0.15, 0.2) is 65.6 Å². The zero-order valence-electron chi connectivity index (χ0n) is 16.7. The van der Waals surface area contributed by atoms with Gasteiger partial charge < -0.3 is 10.2 Å². The summed E-state index contributed by atoms with van der Waals surface area (Å²) >= 11 is 0. The zero-order chi connectivity index (χ0) is 20.3. The lowest BCUT2D eigenvalue weighted by Gasteiger charge is -2.25. The Labute approximate surface area is 172 Å². The third-order valence-electron chi connectivity index (χ3n) is 5.42. The molecule has 5 nitrogen and oxygen atoms in total. The predicted molar refractivity (Wildman–Crippen MR) is 120 cm³/mol. The van der Waals surface area contributed by atoms with E-state index in [9.17, 15) is 8.42 Å². The van der Waals surface area contributed by atoms with Crippen LogP contribution in [-0.2, 0) is 16.4 Å². The molecule has 1 aliphatic rings. The number of benzene rings is 3. The Bertz CT molecular complexity index is 1100. The molecule has 0 saturated carbocycles. The molecular weight excluding hydrogens is 382 g/mol. The monoisotopic (exact) mass is 409 g/mol. The van der Waals surface area contributed by atoms with Gasteiger partial charge in [0.2, 0.25) is 0 Å². The molecule has 0 aliphatic carbocycles. The number of fused-ring (bicyclic) bond motifs is 1. The third-order valence-corrected chi connectivity index (χ3v) is 6.86. The summed E-state index contributed by atoms with van der Waals surface area (Å²) in [5, 5.41) is 5.14. The van der Waals surface area contributed by atoms with Gasteiger partial charge in [-0.1, -0.05) is 43.3 Å². The maximum absolute atomic E-state index is 13.2. The first-order valence-corrected chi connectivity index (χ1v) is 11.7. The van der Waals surface area contributed by atoms with Crippen molar-refractivity contribution in [3.8, 4) is 0 Å². The molecule has 3 aromatic rings. The summed E-state index contributed by atoms with van der Waals surface area (Å²) in [6.45, 7) is 5.88. The topological polar surface area (TPSA) is 61.4 Å². The van der Waals surface area contributed by atoms with Gasteiger partial charge in [0.25, 0.3) is 10.0 Å². The molecule has 3 aromatic carbocycles. The molecule has 1 fully saturated rings. The fourth-order valence-electron chi connectivity index (χ4n) is 3.92. The Kier molecular flexibility index (Phi) is 5.74. The molecule has 4 rings (SSSR count). The fourth-order valence-corrected chi connectivity index (χ4v) is 5.18. The summed E-state index contributed by atoms with van der Waals surface area (Å²) in [6.07, 6.45) is 1.93. The molecule has 152 valence electrons. The van der Waals surface area contributed by atoms with Gasteiger partial charge in [-0.25, -0.2) is 8.42 Å². The molecule has 0 atom stereocenters. The number of hydrogen-bond acceptors (Lipinski definition) is 4. The molecule has 2 N–H and O–H groups in total. The van der Waals surface area contributed by atoms with Gasteiger partial charge in [0.05, 0.1) is 4.90 Å². The van der Waals surface area contributed by atoms with Crippen LogP contribution in [-0.4, -0.2) is 34.6 Å². The number of anilines is 2. The molecule has 0 aromatic heterocycles. The minimum atomic E-state index is -3.70. The highest BCUT2D eigenvalue weighted by Crippen LogP contribution is 2.33. The summed E-state index contributed by atoms with van der Waals surface area (Å²) in [4.78, 5) is 2.66. The van der Waals surface area contributed by atoms with Gasteiger partial charge in [-0.05, 0) is 49.2 Å². The molecule has 29 heavy (non-hydrogen) atoms. The number of hydrogen-bond donors (Lipinski definition) is 2. The average molecular weight is 410 g/mol. The van der Waals surface area contributed by atoms with Crippen LogP contribution in [0.25, 0.3) is 10.8 Å². The minimum Gasteiger partial charge on any atom is -0.370 e. The first-order chi connectivity index (χ1) is 14.1. The van der Waals surface area contributed by atoms with E-state index in [1.54, 1.807) is 12.1 Å². The van der Waals surface area contributed by atoms with E-state index in [1.807, 2.05) is 48.5 Å².